The molecule has 0 fully saturated rings. The Kier molecular flexibility index (Phi) is 4.68. The van der Waals surface area contributed by atoms with Gasteiger partial charge in [-0.05, 0) is 12.0 Å². The summed E-state index contributed by atoms with van der Waals surface area (Å²) in [6.45, 7) is 5.05. The van der Waals surface area contributed by atoms with Crippen molar-refractivity contribution in [1.82, 2.24) is 9.97 Å². The number of hydrogen-bond donors (Lipinski definition) is 2. The summed E-state index contributed by atoms with van der Waals surface area (Å²) >= 11 is 0. The molecule has 1 rings (SSSR count). The largest absolute Gasteiger partial charge is 0.368 e. The van der Waals surface area contributed by atoms with E-state index < -0.39 is 0 Å². The van der Waals surface area contributed by atoms with Crippen molar-refractivity contribution in [2.75, 3.05) is 30.4 Å². The van der Waals surface area contributed by atoms with Crippen LogP contribution in [0.15, 0.2) is 12.3 Å². The van der Waals surface area contributed by atoms with Gasteiger partial charge in [0, 0.05) is 19.8 Å². The summed E-state index contributed by atoms with van der Waals surface area (Å²) in [6.07, 6.45) is 1.66. The highest BCUT2D eigenvalue weighted by atomic mass is 16.1. The summed E-state index contributed by atoms with van der Waals surface area (Å²) in [5.41, 5.74) is 5.24. The lowest BCUT2D eigenvalue weighted by Gasteiger charge is -2.24. The Balaban J connectivity index is 2.90. The second-order valence-corrected chi connectivity index (χ2v) is 4.23. The number of carbonyl (C=O) groups excluding carboxylic acids is 1. The third-order valence-corrected chi connectivity index (χ3v) is 2.12. The van der Waals surface area contributed by atoms with Crippen LogP contribution in [0.25, 0.3) is 0 Å². The van der Waals surface area contributed by atoms with Crippen LogP contribution in [0.3, 0.4) is 0 Å². The summed E-state index contributed by atoms with van der Waals surface area (Å²) in [5, 5.41) is 2.86. The summed E-state index contributed by atoms with van der Waals surface area (Å²) in [5.74, 6) is 1.29. The van der Waals surface area contributed by atoms with Crippen molar-refractivity contribution >= 4 is 17.7 Å². The minimum Gasteiger partial charge on any atom is -0.368 e. The molecule has 1 aromatic heterocycles. The minimum absolute atomic E-state index is 0.165. The number of carbonyl (C=O) groups is 1. The average molecular weight is 237 g/mol. The molecule has 6 nitrogen and oxygen atoms in total. The maximum Gasteiger partial charge on any atom is 0.236 e. The van der Waals surface area contributed by atoms with Crippen LogP contribution in [0.4, 0.5) is 11.8 Å². The van der Waals surface area contributed by atoms with Gasteiger partial charge >= 0.3 is 0 Å². The molecule has 3 N–H and O–H groups in total. The standard InChI is InChI=1S/C11H19N5O/c1-8(2)6-16(7-9(12)17)10-4-5-14-11(13-3)15-10/h4-5,8H,6-7H2,1-3H3,(H2,12,17)(H,13,14,15). The Hall–Kier alpha value is -1.85. The van der Waals surface area contributed by atoms with Gasteiger partial charge in [0.05, 0.1) is 6.54 Å². The monoisotopic (exact) mass is 237 g/mol. The second kappa shape index (κ2) is 6.03. The van der Waals surface area contributed by atoms with Crippen LogP contribution < -0.4 is 16.0 Å². The van der Waals surface area contributed by atoms with Gasteiger partial charge in [-0.3, -0.25) is 4.79 Å². The first-order chi connectivity index (χ1) is 8.02. The highest BCUT2D eigenvalue weighted by Gasteiger charge is 2.13. The lowest BCUT2D eigenvalue weighted by Crippen LogP contribution is -2.36. The summed E-state index contributed by atoms with van der Waals surface area (Å²) < 4.78 is 0. The van der Waals surface area contributed by atoms with Gasteiger partial charge in [-0.25, -0.2) is 4.98 Å². The van der Waals surface area contributed by atoms with E-state index in [1.54, 1.807) is 19.3 Å². The van der Waals surface area contributed by atoms with E-state index in [9.17, 15) is 4.79 Å². The third kappa shape index (κ3) is 4.26. The molecular weight excluding hydrogens is 218 g/mol. The lowest BCUT2D eigenvalue weighted by molar-refractivity contribution is -0.116. The zero-order chi connectivity index (χ0) is 12.8. The number of aromatic nitrogens is 2. The van der Waals surface area contributed by atoms with E-state index in [0.29, 0.717) is 17.7 Å². The average Bonchev–Trinajstić information content (AvgIpc) is 2.27. The Morgan fingerprint density at radius 3 is 2.82 bits per heavy atom. The predicted octanol–water partition coefficient (Wildman–Crippen LogP) is 0.466. The SMILES string of the molecule is CNc1nccc(N(CC(N)=O)CC(C)C)n1. The van der Waals surface area contributed by atoms with E-state index in [2.05, 4.69) is 29.1 Å². The molecular formula is C11H19N5O. The molecule has 17 heavy (non-hydrogen) atoms. The van der Waals surface area contributed by atoms with Gasteiger partial charge < -0.3 is 16.0 Å². The van der Waals surface area contributed by atoms with E-state index in [1.165, 1.54) is 0 Å². The van der Waals surface area contributed by atoms with Gasteiger partial charge in [0.2, 0.25) is 11.9 Å². The fourth-order valence-corrected chi connectivity index (χ4v) is 1.51. The number of nitrogens with zero attached hydrogens (tertiary/aromatic N) is 3. The smallest absolute Gasteiger partial charge is 0.236 e. The fourth-order valence-electron chi connectivity index (χ4n) is 1.51. The number of primary amides is 1. The molecule has 0 aliphatic carbocycles. The van der Waals surface area contributed by atoms with Crippen LogP contribution in [-0.2, 0) is 4.79 Å². The second-order valence-electron chi connectivity index (χ2n) is 4.23. The van der Waals surface area contributed by atoms with Crippen molar-refractivity contribution in [3.8, 4) is 0 Å². The van der Waals surface area contributed by atoms with Crippen LogP contribution in [0, 0.1) is 5.92 Å². The number of hydrogen-bond acceptors (Lipinski definition) is 5. The molecule has 0 bridgehead atoms. The Labute approximate surface area is 101 Å². The first kappa shape index (κ1) is 13.2. The molecule has 0 unspecified atom stereocenters. The van der Waals surface area contributed by atoms with Crippen LogP contribution in [0.2, 0.25) is 0 Å². The predicted molar refractivity (Wildman–Crippen MR) is 67.8 cm³/mol. The lowest BCUT2D eigenvalue weighted by atomic mass is 10.2. The zero-order valence-electron chi connectivity index (χ0n) is 10.5. The number of anilines is 2. The van der Waals surface area contributed by atoms with E-state index in [1.807, 2.05) is 4.90 Å². The van der Waals surface area contributed by atoms with E-state index >= 15 is 0 Å². The molecule has 0 aliphatic rings. The fraction of sp³-hybridized carbons (Fsp3) is 0.545. The van der Waals surface area contributed by atoms with Crippen LogP contribution >= 0.6 is 0 Å². The minimum atomic E-state index is -0.365. The van der Waals surface area contributed by atoms with Gasteiger partial charge in [0.25, 0.3) is 0 Å². The van der Waals surface area contributed by atoms with Gasteiger partial charge in [-0.15, -0.1) is 0 Å². The van der Waals surface area contributed by atoms with Crippen molar-refractivity contribution in [2.24, 2.45) is 11.7 Å². The Bertz CT molecular complexity index is 380. The summed E-state index contributed by atoms with van der Waals surface area (Å²) in [6, 6.07) is 1.77. The molecule has 0 aromatic carbocycles. The van der Waals surface area contributed by atoms with Crippen molar-refractivity contribution in [3.63, 3.8) is 0 Å². The van der Waals surface area contributed by atoms with Crippen molar-refractivity contribution in [2.45, 2.75) is 13.8 Å². The quantitative estimate of drug-likeness (QED) is 0.751. The highest BCUT2D eigenvalue weighted by Crippen LogP contribution is 2.13. The Morgan fingerprint density at radius 2 is 2.29 bits per heavy atom. The first-order valence-electron chi connectivity index (χ1n) is 5.57. The molecule has 0 radical (unpaired) electrons. The summed E-state index contributed by atoms with van der Waals surface area (Å²) in [7, 11) is 1.75. The topological polar surface area (TPSA) is 84.1 Å². The maximum absolute atomic E-state index is 11.0. The molecule has 1 heterocycles. The van der Waals surface area contributed by atoms with Crippen LogP contribution in [0.1, 0.15) is 13.8 Å². The van der Waals surface area contributed by atoms with Crippen molar-refractivity contribution in [3.05, 3.63) is 12.3 Å². The molecule has 6 heteroatoms. The van der Waals surface area contributed by atoms with E-state index in [4.69, 9.17) is 5.73 Å². The van der Waals surface area contributed by atoms with E-state index in [-0.39, 0.29) is 12.5 Å². The number of nitrogens with two attached hydrogens (primary N) is 1. The van der Waals surface area contributed by atoms with Gasteiger partial charge in [0.1, 0.15) is 5.82 Å². The maximum atomic E-state index is 11.0. The van der Waals surface area contributed by atoms with Gasteiger partial charge in [-0.1, -0.05) is 13.8 Å². The van der Waals surface area contributed by atoms with Crippen LogP contribution in [-0.4, -0.2) is 36.0 Å². The number of amides is 1. The highest BCUT2D eigenvalue weighted by molar-refractivity contribution is 5.79. The van der Waals surface area contributed by atoms with Crippen LogP contribution in [0.5, 0.6) is 0 Å². The number of nitrogens with one attached hydrogen (secondary N) is 1. The number of rotatable bonds is 6. The first-order valence-corrected chi connectivity index (χ1v) is 5.57. The van der Waals surface area contributed by atoms with Crippen molar-refractivity contribution in [1.29, 1.82) is 0 Å². The third-order valence-electron chi connectivity index (χ3n) is 2.12. The normalized spacial score (nSPS) is 10.4. The molecule has 94 valence electrons. The van der Waals surface area contributed by atoms with Gasteiger partial charge in [0.15, 0.2) is 0 Å². The molecule has 0 saturated heterocycles. The summed E-state index contributed by atoms with van der Waals surface area (Å²) in [4.78, 5) is 21.2. The molecule has 1 amide bonds. The molecule has 0 aliphatic heterocycles. The Morgan fingerprint density at radius 1 is 1.59 bits per heavy atom. The molecule has 0 saturated carbocycles. The van der Waals surface area contributed by atoms with Crippen molar-refractivity contribution < 1.29 is 4.79 Å². The van der Waals surface area contributed by atoms with Gasteiger partial charge in [-0.2, -0.15) is 4.98 Å². The molecule has 1 aromatic rings. The zero-order valence-corrected chi connectivity index (χ0v) is 10.5. The van der Waals surface area contributed by atoms with E-state index in [0.717, 1.165) is 6.54 Å². The molecule has 0 spiro atoms. The molecule has 0 atom stereocenters.